The van der Waals surface area contributed by atoms with Gasteiger partial charge in [0.15, 0.2) is 0 Å². The number of rotatable bonds is 0. The summed E-state index contributed by atoms with van der Waals surface area (Å²) in [4.78, 5) is 0. The summed E-state index contributed by atoms with van der Waals surface area (Å²) in [7, 11) is 0. The highest BCUT2D eigenvalue weighted by Gasteiger charge is 2.51. The lowest BCUT2D eigenvalue weighted by atomic mass is 9.66. The molecule has 6 rings (SSSR count). The molecule has 1 heterocycles. The van der Waals surface area contributed by atoms with E-state index in [0.717, 1.165) is 33.4 Å². The van der Waals surface area contributed by atoms with Crippen LogP contribution in [0.25, 0.3) is 11.1 Å². The minimum atomic E-state index is -4.43. The Bertz CT molecular complexity index is 1320. The van der Waals surface area contributed by atoms with Crippen LogP contribution in [-0.2, 0) is 11.6 Å². The van der Waals surface area contributed by atoms with Gasteiger partial charge >= 0.3 is 6.18 Å². The van der Waals surface area contributed by atoms with E-state index in [9.17, 15) is 13.2 Å². The standard InChI is InChI=1S/C27H17F3O/c1-16-10-12-18-19-13-11-17(27(28,29)30)15-23(19)26(22(18)14-16)20-6-2-4-8-24(20)31-25-9-5-3-7-21(25)26/h2-15H,1H3. The van der Waals surface area contributed by atoms with Gasteiger partial charge in [-0.05, 0) is 53.4 Å². The maximum absolute atomic E-state index is 13.8. The highest BCUT2D eigenvalue weighted by atomic mass is 19.4. The smallest absolute Gasteiger partial charge is 0.416 e. The first kappa shape index (κ1) is 18.3. The Morgan fingerprint density at radius 1 is 0.645 bits per heavy atom. The molecule has 31 heavy (non-hydrogen) atoms. The Morgan fingerprint density at radius 3 is 1.81 bits per heavy atom. The Labute approximate surface area is 177 Å². The number of hydrogen-bond acceptors (Lipinski definition) is 1. The molecule has 0 unspecified atom stereocenters. The molecule has 0 saturated heterocycles. The van der Waals surface area contributed by atoms with Crippen LogP contribution >= 0.6 is 0 Å². The van der Waals surface area contributed by atoms with Crippen LogP contribution in [0.3, 0.4) is 0 Å². The topological polar surface area (TPSA) is 9.23 Å². The van der Waals surface area contributed by atoms with Crippen molar-refractivity contribution in [3.63, 3.8) is 0 Å². The molecule has 0 amide bonds. The van der Waals surface area contributed by atoms with E-state index in [1.54, 1.807) is 6.07 Å². The minimum Gasteiger partial charge on any atom is -0.457 e. The predicted octanol–water partition coefficient (Wildman–Crippen LogP) is 7.48. The van der Waals surface area contributed by atoms with Crippen LogP contribution in [0, 0.1) is 6.92 Å². The van der Waals surface area contributed by atoms with Gasteiger partial charge in [-0.1, -0.05) is 66.2 Å². The molecule has 0 atom stereocenters. The van der Waals surface area contributed by atoms with Crippen LogP contribution in [0.15, 0.2) is 84.9 Å². The molecule has 4 aromatic rings. The maximum Gasteiger partial charge on any atom is 0.416 e. The highest BCUT2D eigenvalue weighted by Crippen LogP contribution is 2.62. The van der Waals surface area contributed by atoms with Crippen LogP contribution in [-0.4, -0.2) is 0 Å². The number of alkyl halides is 3. The Hall–Kier alpha value is -3.53. The number of benzene rings is 4. The first-order valence-corrected chi connectivity index (χ1v) is 10.1. The molecular formula is C27H17F3O. The first-order chi connectivity index (χ1) is 14.9. The molecular weight excluding hydrogens is 397 g/mol. The second kappa shape index (κ2) is 6.01. The summed E-state index contributed by atoms with van der Waals surface area (Å²) in [5.74, 6) is 1.33. The third-order valence-corrected chi connectivity index (χ3v) is 6.42. The molecule has 0 radical (unpaired) electrons. The normalized spacial score (nSPS) is 15.0. The van der Waals surface area contributed by atoms with Gasteiger partial charge in [0.2, 0.25) is 0 Å². The number of hydrogen-bond donors (Lipinski definition) is 0. The van der Waals surface area contributed by atoms with Crippen molar-refractivity contribution in [1.82, 2.24) is 0 Å². The summed E-state index contributed by atoms with van der Waals surface area (Å²) in [6, 6.07) is 25.5. The maximum atomic E-state index is 13.8. The zero-order chi connectivity index (χ0) is 21.4. The van der Waals surface area contributed by atoms with Crippen molar-refractivity contribution in [2.75, 3.05) is 0 Å². The molecule has 2 aliphatic rings. The van der Waals surface area contributed by atoms with Crippen LogP contribution in [0.5, 0.6) is 11.5 Å². The van der Waals surface area contributed by atoms with Crippen molar-refractivity contribution in [3.05, 3.63) is 118 Å². The van der Waals surface area contributed by atoms with Gasteiger partial charge in [0.05, 0.1) is 11.0 Å². The molecule has 1 spiro atoms. The third-order valence-electron chi connectivity index (χ3n) is 6.42. The summed E-state index contributed by atoms with van der Waals surface area (Å²) in [6.45, 7) is 2.01. The SMILES string of the molecule is Cc1ccc2c(c1)C1(c3ccccc3Oc3ccccc31)c1cc(C(F)(F)F)ccc1-2. The number of fused-ring (bicyclic) bond motifs is 9. The van der Waals surface area contributed by atoms with E-state index in [1.807, 2.05) is 67.6 Å². The second-order valence-corrected chi connectivity index (χ2v) is 8.15. The fourth-order valence-electron chi connectivity index (χ4n) is 5.19. The molecule has 0 N–H and O–H groups in total. The van der Waals surface area contributed by atoms with Crippen LogP contribution in [0.1, 0.15) is 33.4 Å². The summed E-state index contributed by atoms with van der Waals surface area (Å²) in [5, 5.41) is 0. The van der Waals surface area contributed by atoms with Gasteiger partial charge in [-0.2, -0.15) is 13.2 Å². The van der Waals surface area contributed by atoms with E-state index < -0.39 is 17.2 Å². The molecule has 0 saturated carbocycles. The van der Waals surface area contributed by atoms with Gasteiger partial charge in [0.1, 0.15) is 11.5 Å². The average molecular weight is 414 g/mol. The summed E-state index contributed by atoms with van der Waals surface area (Å²) >= 11 is 0. The minimum absolute atomic E-state index is 0.642. The van der Waals surface area contributed by atoms with E-state index in [-0.39, 0.29) is 0 Å². The quantitative estimate of drug-likeness (QED) is 0.250. The van der Waals surface area contributed by atoms with Gasteiger partial charge in [0, 0.05) is 11.1 Å². The largest absolute Gasteiger partial charge is 0.457 e. The molecule has 0 aromatic heterocycles. The van der Waals surface area contributed by atoms with Crippen molar-refractivity contribution >= 4 is 0 Å². The van der Waals surface area contributed by atoms with Crippen molar-refractivity contribution in [2.45, 2.75) is 18.5 Å². The summed E-state index contributed by atoms with van der Waals surface area (Å²) in [6.07, 6.45) is -4.43. The number of aryl methyl sites for hydroxylation is 1. The Morgan fingerprint density at radius 2 is 1.19 bits per heavy atom. The molecule has 4 aromatic carbocycles. The van der Waals surface area contributed by atoms with Crippen molar-refractivity contribution < 1.29 is 17.9 Å². The lowest BCUT2D eigenvalue weighted by Crippen LogP contribution is -2.32. The predicted molar refractivity (Wildman–Crippen MR) is 114 cm³/mol. The molecule has 152 valence electrons. The lowest BCUT2D eigenvalue weighted by Gasteiger charge is -2.39. The molecule has 1 nitrogen and oxygen atoms in total. The second-order valence-electron chi connectivity index (χ2n) is 8.15. The zero-order valence-electron chi connectivity index (χ0n) is 16.6. The van der Waals surface area contributed by atoms with Crippen molar-refractivity contribution in [3.8, 4) is 22.6 Å². The summed E-state index contributed by atoms with van der Waals surface area (Å²) in [5.41, 5.74) is 4.69. The van der Waals surface area contributed by atoms with Gasteiger partial charge in [-0.3, -0.25) is 0 Å². The van der Waals surface area contributed by atoms with E-state index in [1.165, 1.54) is 12.1 Å². The van der Waals surface area contributed by atoms with Gasteiger partial charge in [-0.25, -0.2) is 0 Å². The fraction of sp³-hybridized carbons (Fsp3) is 0.111. The average Bonchev–Trinajstić information content (AvgIpc) is 3.03. The molecule has 0 fully saturated rings. The number of para-hydroxylation sites is 2. The highest BCUT2D eigenvalue weighted by molar-refractivity contribution is 5.88. The van der Waals surface area contributed by atoms with Crippen LogP contribution in [0.2, 0.25) is 0 Å². The molecule has 4 heteroatoms. The van der Waals surface area contributed by atoms with Crippen molar-refractivity contribution in [1.29, 1.82) is 0 Å². The number of ether oxygens (including phenoxy) is 1. The zero-order valence-corrected chi connectivity index (χ0v) is 16.6. The lowest BCUT2D eigenvalue weighted by molar-refractivity contribution is -0.137. The van der Waals surface area contributed by atoms with E-state index in [0.29, 0.717) is 17.1 Å². The Balaban J connectivity index is 1.83. The summed E-state index contributed by atoms with van der Waals surface area (Å²) < 4.78 is 47.5. The fourth-order valence-corrected chi connectivity index (χ4v) is 5.19. The number of halogens is 3. The van der Waals surface area contributed by atoms with Gasteiger partial charge < -0.3 is 4.74 Å². The third kappa shape index (κ3) is 2.33. The molecule has 1 aliphatic carbocycles. The Kier molecular flexibility index (Phi) is 3.54. The van der Waals surface area contributed by atoms with Gasteiger partial charge in [-0.15, -0.1) is 0 Å². The van der Waals surface area contributed by atoms with E-state index >= 15 is 0 Å². The monoisotopic (exact) mass is 414 g/mol. The molecule has 1 aliphatic heterocycles. The van der Waals surface area contributed by atoms with Gasteiger partial charge in [0.25, 0.3) is 0 Å². The first-order valence-electron chi connectivity index (χ1n) is 10.1. The van der Waals surface area contributed by atoms with Crippen LogP contribution in [0.4, 0.5) is 13.2 Å². The molecule has 0 bridgehead atoms. The van der Waals surface area contributed by atoms with Crippen LogP contribution < -0.4 is 4.74 Å². The van der Waals surface area contributed by atoms with Crippen molar-refractivity contribution in [2.24, 2.45) is 0 Å². The van der Waals surface area contributed by atoms with E-state index in [4.69, 9.17) is 4.74 Å². The van der Waals surface area contributed by atoms with E-state index in [2.05, 4.69) is 6.07 Å².